The molecule has 5 heteroatoms. The second-order valence-corrected chi connectivity index (χ2v) is 4.81. The molecule has 1 amide bonds. The highest BCUT2D eigenvalue weighted by Crippen LogP contribution is 2.09. The average molecular weight is 304 g/mol. The van der Waals surface area contributed by atoms with Crippen LogP contribution in [0.3, 0.4) is 0 Å². The van der Waals surface area contributed by atoms with Crippen LogP contribution in [0.4, 0.5) is 0 Å². The minimum atomic E-state index is -0.896. The molecule has 0 saturated heterocycles. The van der Waals surface area contributed by atoms with Crippen molar-refractivity contribution in [2.45, 2.75) is 13.2 Å². The van der Waals surface area contributed by atoms with Gasteiger partial charge in [-0.25, -0.2) is 4.79 Å². The molecule has 0 aliphatic heterocycles. The number of nitrogens with one attached hydrogen (secondary N) is 1. The Morgan fingerprint density at radius 3 is 2.29 bits per heavy atom. The lowest BCUT2D eigenvalue weighted by molar-refractivity contribution is -0.155. The van der Waals surface area contributed by atoms with Crippen molar-refractivity contribution in [2.24, 2.45) is 0 Å². The number of rotatable bonds is 4. The Kier molecular flexibility index (Phi) is 5.35. The summed E-state index contributed by atoms with van der Waals surface area (Å²) >= 11 is 5.76. The Morgan fingerprint density at radius 2 is 1.62 bits per heavy atom. The molecule has 0 aliphatic carbocycles. The number of hydrogen-bond donors (Lipinski definition) is 1. The van der Waals surface area contributed by atoms with Crippen LogP contribution in [0, 0.1) is 0 Å². The Morgan fingerprint density at radius 1 is 0.952 bits per heavy atom. The van der Waals surface area contributed by atoms with Gasteiger partial charge in [0, 0.05) is 11.6 Å². The van der Waals surface area contributed by atoms with Gasteiger partial charge in [0.1, 0.15) is 6.61 Å². The molecule has 108 valence electrons. The van der Waals surface area contributed by atoms with Gasteiger partial charge in [-0.05, 0) is 23.3 Å². The SMILES string of the molecule is O=C(NCc1ccc(Cl)cc1)C(=O)OCc1ccccc1. The summed E-state index contributed by atoms with van der Waals surface area (Å²) in [5, 5.41) is 3.12. The average Bonchev–Trinajstić information content (AvgIpc) is 2.52. The van der Waals surface area contributed by atoms with Crippen molar-refractivity contribution >= 4 is 23.5 Å². The maximum atomic E-state index is 11.6. The summed E-state index contributed by atoms with van der Waals surface area (Å²) in [6.45, 7) is 0.324. The summed E-state index contributed by atoms with van der Waals surface area (Å²) in [5.74, 6) is -1.66. The highest BCUT2D eigenvalue weighted by molar-refractivity contribution is 6.32. The molecule has 0 aliphatic rings. The van der Waals surface area contributed by atoms with Gasteiger partial charge < -0.3 is 10.1 Å². The fraction of sp³-hybridized carbons (Fsp3) is 0.125. The number of benzene rings is 2. The maximum absolute atomic E-state index is 11.6. The Balaban J connectivity index is 1.77. The third-order valence-electron chi connectivity index (χ3n) is 2.76. The first-order valence-electron chi connectivity index (χ1n) is 6.38. The van der Waals surface area contributed by atoms with Crippen LogP contribution in [0.2, 0.25) is 5.02 Å². The van der Waals surface area contributed by atoms with E-state index >= 15 is 0 Å². The molecule has 2 rings (SSSR count). The highest BCUT2D eigenvalue weighted by atomic mass is 35.5. The third-order valence-corrected chi connectivity index (χ3v) is 3.02. The summed E-state index contributed by atoms with van der Waals surface area (Å²) in [4.78, 5) is 23.1. The number of amides is 1. The van der Waals surface area contributed by atoms with Crippen molar-refractivity contribution in [2.75, 3.05) is 0 Å². The molecule has 0 atom stereocenters. The van der Waals surface area contributed by atoms with Crippen molar-refractivity contribution in [3.8, 4) is 0 Å². The summed E-state index contributed by atoms with van der Waals surface area (Å²) in [6, 6.07) is 16.2. The molecule has 0 aromatic heterocycles. The lowest BCUT2D eigenvalue weighted by Gasteiger charge is -2.06. The maximum Gasteiger partial charge on any atom is 0.397 e. The van der Waals surface area contributed by atoms with Crippen LogP contribution < -0.4 is 5.32 Å². The molecule has 21 heavy (non-hydrogen) atoms. The van der Waals surface area contributed by atoms with Crippen LogP contribution >= 0.6 is 11.6 Å². The zero-order chi connectivity index (χ0) is 15.1. The largest absolute Gasteiger partial charge is 0.454 e. The van der Waals surface area contributed by atoms with Gasteiger partial charge in [-0.2, -0.15) is 0 Å². The number of carbonyl (C=O) groups is 2. The number of ether oxygens (including phenoxy) is 1. The normalized spacial score (nSPS) is 9.95. The molecule has 2 aromatic carbocycles. The van der Waals surface area contributed by atoms with Crippen LogP contribution in [-0.4, -0.2) is 11.9 Å². The second-order valence-electron chi connectivity index (χ2n) is 4.37. The standard InChI is InChI=1S/C16H14ClNO3/c17-14-8-6-12(7-9-14)10-18-15(19)16(20)21-11-13-4-2-1-3-5-13/h1-9H,10-11H2,(H,18,19). The Hall–Kier alpha value is -2.33. The van der Waals surface area contributed by atoms with E-state index in [1.165, 1.54) is 0 Å². The van der Waals surface area contributed by atoms with E-state index < -0.39 is 11.9 Å². The molecule has 1 N–H and O–H groups in total. The molecule has 0 spiro atoms. The quantitative estimate of drug-likeness (QED) is 0.698. The van der Waals surface area contributed by atoms with E-state index in [1.807, 2.05) is 30.3 Å². The van der Waals surface area contributed by atoms with Crippen molar-refractivity contribution < 1.29 is 14.3 Å². The molecule has 2 aromatic rings. The molecule has 0 saturated carbocycles. The molecular formula is C16H14ClNO3. The van der Waals surface area contributed by atoms with Gasteiger partial charge in [-0.1, -0.05) is 54.1 Å². The fourth-order valence-electron chi connectivity index (χ4n) is 1.65. The van der Waals surface area contributed by atoms with E-state index in [1.54, 1.807) is 24.3 Å². The molecular weight excluding hydrogens is 290 g/mol. The van der Waals surface area contributed by atoms with Crippen molar-refractivity contribution in [1.82, 2.24) is 5.32 Å². The van der Waals surface area contributed by atoms with Gasteiger partial charge in [0.15, 0.2) is 0 Å². The smallest absolute Gasteiger partial charge is 0.397 e. The Bertz CT molecular complexity index is 611. The predicted molar refractivity (Wildman–Crippen MR) is 79.5 cm³/mol. The van der Waals surface area contributed by atoms with Crippen molar-refractivity contribution in [3.05, 3.63) is 70.7 Å². The van der Waals surface area contributed by atoms with Crippen LogP contribution in [-0.2, 0) is 27.5 Å². The van der Waals surface area contributed by atoms with Gasteiger partial charge in [-0.15, -0.1) is 0 Å². The lowest BCUT2D eigenvalue weighted by atomic mass is 10.2. The van der Waals surface area contributed by atoms with E-state index in [2.05, 4.69) is 5.32 Å². The Labute approximate surface area is 127 Å². The fourth-order valence-corrected chi connectivity index (χ4v) is 1.77. The number of hydrogen-bond acceptors (Lipinski definition) is 3. The van der Waals surface area contributed by atoms with E-state index in [4.69, 9.17) is 16.3 Å². The molecule has 0 unspecified atom stereocenters. The monoisotopic (exact) mass is 303 g/mol. The van der Waals surface area contributed by atoms with E-state index in [0.29, 0.717) is 5.02 Å². The van der Waals surface area contributed by atoms with Gasteiger partial charge >= 0.3 is 11.9 Å². The van der Waals surface area contributed by atoms with Crippen molar-refractivity contribution in [3.63, 3.8) is 0 Å². The molecule has 0 heterocycles. The van der Waals surface area contributed by atoms with Gasteiger partial charge in [0.05, 0.1) is 0 Å². The molecule has 0 fully saturated rings. The molecule has 0 radical (unpaired) electrons. The first-order valence-corrected chi connectivity index (χ1v) is 6.76. The zero-order valence-corrected chi connectivity index (χ0v) is 12.0. The van der Waals surface area contributed by atoms with E-state index in [-0.39, 0.29) is 13.2 Å². The minimum Gasteiger partial charge on any atom is -0.454 e. The van der Waals surface area contributed by atoms with Crippen LogP contribution in [0.15, 0.2) is 54.6 Å². The van der Waals surface area contributed by atoms with Crippen molar-refractivity contribution in [1.29, 1.82) is 0 Å². The number of esters is 1. The molecule has 4 nitrogen and oxygen atoms in total. The number of halogens is 1. The predicted octanol–water partition coefficient (Wildman–Crippen LogP) is 2.70. The topological polar surface area (TPSA) is 55.4 Å². The first-order chi connectivity index (χ1) is 10.1. The summed E-state index contributed by atoms with van der Waals surface area (Å²) < 4.78 is 4.93. The van der Waals surface area contributed by atoms with Gasteiger partial charge in [0.25, 0.3) is 0 Å². The third kappa shape index (κ3) is 4.93. The van der Waals surface area contributed by atoms with Crippen LogP contribution in [0.5, 0.6) is 0 Å². The van der Waals surface area contributed by atoms with Crippen LogP contribution in [0.1, 0.15) is 11.1 Å². The van der Waals surface area contributed by atoms with Gasteiger partial charge in [-0.3, -0.25) is 4.79 Å². The number of carbonyl (C=O) groups excluding carboxylic acids is 2. The van der Waals surface area contributed by atoms with E-state index in [9.17, 15) is 9.59 Å². The molecule has 0 bridgehead atoms. The summed E-state index contributed by atoms with van der Waals surface area (Å²) in [6.07, 6.45) is 0. The summed E-state index contributed by atoms with van der Waals surface area (Å²) in [7, 11) is 0. The van der Waals surface area contributed by atoms with Crippen LogP contribution in [0.25, 0.3) is 0 Å². The zero-order valence-electron chi connectivity index (χ0n) is 11.2. The summed E-state index contributed by atoms with van der Waals surface area (Å²) in [5.41, 5.74) is 1.68. The minimum absolute atomic E-state index is 0.0774. The highest BCUT2D eigenvalue weighted by Gasteiger charge is 2.14. The second kappa shape index (κ2) is 7.45. The van der Waals surface area contributed by atoms with E-state index in [0.717, 1.165) is 11.1 Å². The van der Waals surface area contributed by atoms with Gasteiger partial charge in [0.2, 0.25) is 0 Å². The lowest BCUT2D eigenvalue weighted by Crippen LogP contribution is -2.31. The first kappa shape index (κ1) is 15.1.